The Morgan fingerprint density at radius 2 is 1.96 bits per heavy atom. The lowest BCUT2D eigenvalue weighted by Gasteiger charge is -2.29. The second-order valence-corrected chi connectivity index (χ2v) is 5.71. The molecule has 6 heteroatoms. The Bertz CT molecular complexity index is 664. The average molecular weight is 326 g/mol. The number of aromatic nitrogens is 1. The van der Waals surface area contributed by atoms with Crippen molar-refractivity contribution in [2.45, 2.75) is 6.42 Å². The Kier molecular flexibility index (Phi) is 5.28. The quantitative estimate of drug-likeness (QED) is 0.875. The fourth-order valence-corrected chi connectivity index (χ4v) is 2.69. The minimum Gasteiger partial charge on any atom is -0.497 e. The van der Waals surface area contributed by atoms with Gasteiger partial charge in [-0.15, -0.1) is 0 Å². The van der Waals surface area contributed by atoms with E-state index in [1.807, 2.05) is 42.6 Å². The molecule has 2 N–H and O–H groups in total. The number of amides is 1. The van der Waals surface area contributed by atoms with E-state index in [-0.39, 0.29) is 5.91 Å². The van der Waals surface area contributed by atoms with Gasteiger partial charge in [-0.25, -0.2) is 4.98 Å². The Labute approximate surface area is 141 Å². The second kappa shape index (κ2) is 7.79. The molecule has 1 saturated heterocycles. The van der Waals surface area contributed by atoms with Gasteiger partial charge in [0.1, 0.15) is 11.6 Å². The molecule has 1 amide bonds. The largest absolute Gasteiger partial charge is 0.497 e. The molecule has 3 rings (SSSR count). The lowest BCUT2D eigenvalue weighted by atomic mass is 10.1. The van der Waals surface area contributed by atoms with Crippen LogP contribution >= 0.6 is 0 Å². The minimum absolute atomic E-state index is 0.0809. The van der Waals surface area contributed by atoms with Crippen LogP contribution in [0, 0.1) is 0 Å². The number of pyridine rings is 1. The first-order valence-electron chi connectivity index (χ1n) is 8.09. The van der Waals surface area contributed by atoms with Gasteiger partial charge < -0.3 is 20.3 Å². The second-order valence-electron chi connectivity index (χ2n) is 5.71. The van der Waals surface area contributed by atoms with Crippen molar-refractivity contribution >= 4 is 17.4 Å². The third-order valence-electron chi connectivity index (χ3n) is 4.02. The lowest BCUT2D eigenvalue weighted by molar-refractivity contribution is -0.115. The molecule has 2 heterocycles. The van der Waals surface area contributed by atoms with Gasteiger partial charge in [0.15, 0.2) is 0 Å². The van der Waals surface area contributed by atoms with E-state index < -0.39 is 0 Å². The van der Waals surface area contributed by atoms with Gasteiger partial charge in [0, 0.05) is 26.2 Å². The fourth-order valence-electron chi connectivity index (χ4n) is 2.69. The van der Waals surface area contributed by atoms with E-state index in [0.29, 0.717) is 12.2 Å². The third kappa shape index (κ3) is 4.23. The van der Waals surface area contributed by atoms with Gasteiger partial charge in [-0.2, -0.15) is 0 Å². The molecular formula is C18H22N4O2. The van der Waals surface area contributed by atoms with E-state index in [9.17, 15) is 4.79 Å². The van der Waals surface area contributed by atoms with Crippen molar-refractivity contribution in [3.63, 3.8) is 0 Å². The van der Waals surface area contributed by atoms with Gasteiger partial charge in [-0.05, 0) is 29.8 Å². The summed E-state index contributed by atoms with van der Waals surface area (Å²) < 4.78 is 5.11. The Morgan fingerprint density at radius 3 is 2.58 bits per heavy atom. The maximum absolute atomic E-state index is 12.1. The lowest BCUT2D eigenvalue weighted by Crippen LogP contribution is -2.43. The highest BCUT2D eigenvalue weighted by atomic mass is 16.5. The standard InChI is InChI=1S/C18H22N4O2/c1-24-16-5-2-14(3-6-16)12-18(23)21-17-7-4-15(13-20-17)22-10-8-19-9-11-22/h2-7,13,19H,8-12H2,1H3,(H,20,21,23). The molecule has 2 aromatic rings. The van der Waals surface area contributed by atoms with Crippen LogP contribution in [0.15, 0.2) is 42.6 Å². The molecule has 1 aliphatic rings. The number of carbonyl (C=O) groups excluding carboxylic acids is 1. The van der Waals surface area contributed by atoms with Crippen LogP contribution in [0.5, 0.6) is 5.75 Å². The van der Waals surface area contributed by atoms with Crippen LogP contribution in [0.1, 0.15) is 5.56 Å². The maximum atomic E-state index is 12.1. The van der Waals surface area contributed by atoms with Crippen LogP contribution in [0.4, 0.5) is 11.5 Å². The number of anilines is 2. The minimum atomic E-state index is -0.0809. The summed E-state index contributed by atoms with van der Waals surface area (Å²) in [5.74, 6) is 1.28. The molecule has 0 radical (unpaired) electrons. The third-order valence-corrected chi connectivity index (χ3v) is 4.02. The van der Waals surface area contributed by atoms with Crippen molar-refractivity contribution in [2.75, 3.05) is 43.5 Å². The fraction of sp³-hybridized carbons (Fsp3) is 0.333. The van der Waals surface area contributed by atoms with E-state index in [1.165, 1.54) is 0 Å². The van der Waals surface area contributed by atoms with Gasteiger partial charge in [-0.1, -0.05) is 12.1 Å². The molecule has 0 bridgehead atoms. The van der Waals surface area contributed by atoms with Crippen LogP contribution in [-0.4, -0.2) is 44.2 Å². The van der Waals surface area contributed by atoms with Crippen LogP contribution in [0.3, 0.4) is 0 Å². The van der Waals surface area contributed by atoms with Crippen LogP contribution in [-0.2, 0) is 11.2 Å². The number of hydrogen-bond donors (Lipinski definition) is 2. The van der Waals surface area contributed by atoms with Crippen LogP contribution in [0.25, 0.3) is 0 Å². The van der Waals surface area contributed by atoms with E-state index in [0.717, 1.165) is 43.2 Å². The molecule has 0 saturated carbocycles. The van der Waals surface area contributed by atoms with E-state index in [1.54, 1.807) is 7.11 Å². The topological polar surface area (TPSA) is 66.5 Å². The number of piperazine rings is 1. The van der Waals surface area contributed by atoms with Gasteiger partial charge in [-0.3, -0.25) is 4.79 Å². The molecule has 126 valence electrons. The first-order valence-corrected chi connectivity index (χ1v) is 8.09. The maximum Gasteiger partial charge on any atom is 0.229 e. The number of ether oxygens (including phenoxy) is 1. The summed E-state index contributed by atoms with van der Waals surface area (Å²) in [6.07, 6.45) is 2.12. The summed E-state index contributed by atoms with van der Waals surface area (Å²) in [7, 11) is 1.62. The van der Waals surface area contributed by atoms with Crippen molar-refractivity contribution in [3.8, 4) is 5.75 Å². The Balaban J connectivity index is 1.55. The number of benzene rings is 1. The molecular weight excluding hydrogens is 304 g/mol. The average Bonchev–Trinajstić information content (AvgIpc) is 2.64. The summed E-state index contributed by atoms with van der Waals surface area (Å²) in [5, 5.41) is 6.16. The van der Waals surface area contributed by atoms with Crippen molar-refractivity contribution in [1.29, 1.82) is 0 Å². The molecule has 6 nitrogen and oxygen atoms in total. The summed E-state index contributed by atoms with van der Waals surface area (Å²) in [4.78, 5) is 18.8. The molecule has 0 unspecified atom stereocenters. The van der Waals surface area contributed by atoms with Crippen molar-refractivity contribution in [1.82, 2.24) is 10.3 Å². The van der Waals surface area contributed by atoms with Crippen LogP contribution < -0.4 is 20.3 Å². The molecule has 0 aliphatic carbocycles. The number of rotatable bonds is 5. The molecule has 0 atom stereocenters. The predicted molar refractivity (Wildman–Crippen MR) is 94.6 cm³/mol. The summed E-state index contributed by atoms with van der Waals surface area (Å²) >= 11 is 0. The highest BCUT2D eigenvalue weighted by Crippen LogP contribution is 2.16. The monoisotopic (exact) mass is 326 g/mol. The number of nitrogens with zero attached hydrogens (tertiary/aromatic N) is 2. The molecule has 0 spiro atoms. The SMILES string of the molecule is COc1ccc(CC(=O)Nc2ccc(N3CCNCC3)cn2)cc1. The first-order chi connectivity index (χ1) is 11.7. The number of hydrogen-bond acceptors (Lipinski definition) is 5. The molecule has 1 aromatic carbocycles. The Hall–Kier alpha value is -2.60. The van der Waals surface area contributed by atoms with Crippen LogP contribution in [0.2, 0.25) is 0 Å². The summed E-state index contributed by atoms with van der Waals surface area (Å²) in [6.45, 7) is 3.93. The molecule has 24 heavy (non-hydrogen) atoms. The zero-order valence-corrected chi connectivity index (χ0v) is 13.8. The van der Waals surface area contributed by atoms with Gasteiger partial charge >= 0.3 is 0 Å². The van der Waals surface area contributed by atoms with Crippen molar-refractivity contribution in [2.24, 2.45) is 0 Å². The van der Waals surface area contributed by atoms with Gasteiger partial charge in [0.25, 0.3) is 0 Å². The predicted octanol–water partition coefficient (Wildman–Crippen LogP) is 1.68. The van der Waals surface area contributed by atoms with Gasteiger partial charge in [0.05, 0.1) is 25.4 Å². The van der Waals surface area contributed by atoms with Gasteiger partial charge in [0.2, 0.25) is 5.91 Å². The smallest absolute Gasteiger partial charge is 0.229 e. The highest BCUT2D eigenvalue weighted by molar-refractivity contribution is 5.91. The Morgan fingerprint density at radius 1 is 1.21 bits per heavy atom. The van der Waals surface area contributed by atoms with E-state index in [2.05, 4.69) is 20.5 Å². The van der Waals surface area contributed by atoms with Crippen molar-refractivity contribution < 1.29 is 9.53 Å². The van der Waals surface area contributed by atoms with E-state index in [4.69, 9.17) is 4.74 Å². The highest BCUT2D eigenvalue weighted by Gasteiger charge is 2.11. The number of nitrogens with one attached hydrogen (secondary N) is 2. The normalized spacial score (nSPS) is 14.3. The molecule has 1 aromatic heterocycles. The first kappa shape index (κ1) is 16.3. The summed E-state index contributed by atoms with van der Waals surface area (Å²) in [5.41, 5.74) is 2.02. The summed E-state index contributed by atoms with van der Waals surface area (Å²) in [6, 6.07) is 11.3. The number of methoxy groups -OCH3 is 1. The molecule has 1 aliphatic heterocycles. The molecule has 1 fully saturated rings. The van der Waals surface area contributed by atoms with E-state index >= 15 is 0 Å². The zero-order valence-electron chi connectivity index (χ0n) is 13.8. The zero-order chi connectivity index (χ0) is 16.8. The van der Waals surface area contributed by atoms with Crippen molar-refractivity contribution in [3.05, 3.63) is 48.2 Å². The number of carbonyl (C=O) groups is 1.